The van der Waals surface area contributed by atoms with Crippen LogP contribution in [0.25, 0.3) is 0 Å². The molecule has 0 bridgehead atoms. The van der Waals surface area contributed by atoms with E-state index in [0.717, 1.165) is 6.07 Å². The van der Waals surface area contributed by atoms with Crippen molar-refractivity contribution in [2.75, 3.05) is 0 Å². The summed E-state index contributed by atoms with van der Waals surface area (Å²) >= 11 is 0. The Hall–Kier alpha value is -1.84. The third kappa shape index (κ3) is 1.83. The number of hydrogen-bond acceptors (Lipinski definition) is 4. The fourth-order valence-corrected chi connectivity index (χ4v) is 1.59. The molecular weight excluding hydrogens is 196 g/mol. The van der Waals surface area contributed by atoms with Gasteiger partial charge in [0.25, 0.3) is 0 Å². The predicted octanol–water partition coefficient (Wildman–Crippen LogP) is 1.28. The van der Waals surface area contributed by atoms with Crippen LogP contribution in [-0.2, 0) is 0 Å². The van der Waals surface area contributed by atoms with Crippen molar-refractivity contribution in [3.8, 4) is 11.5 Å². The van der Waals surface area contributed by atoms with Crippen molar-refractivity contribution in [1.82, 2.24) is 0 Å². The standard InChI is InChI=1S/C11H12O4/c1-5-4-8(13)11(15)10(14)6(2)9(5)7(3)12/h4H,1-3H3,(H2,13,14,15). The van der Waals surface area contributed by atoms with E-state index in [1.54, 1.807) is 6.92 Å². The third-order valence-corrected chi connectivity index (χ3v) is 2.28. The molecule has 4 nitrogen and oxygen atoms in total. The van der Waals surface area contributed by atoms with Crippen LogP contribution in [0.3, 0.4) is 0 Å². The Balaban J connectivity index is 3.88. The maximum Gasteiger partial charge on any atom is 0.224 e. The summed E-state index contributed by atoms with van der Waals surface area (Å²) in [4.78, 5) is 22.6. The largest absolute Gasteiger partial charge is 0.504 e. The topological polar surface area (TPSA) is 74.6 Å². The molecule has 80 valence electrons. The molecule has 1 rings (SSSR count). The molecule has 0 aliphatic carbocycles. The van der Waals surface area contributed by atoms with Gasteiger partial charge >= 0.3 is 0 Å². The normalized spacial score (nSPS) is 10.1. The Morgan fingerprint density at radius 2 is 1.73 bits per heavy atom. The maximum absolute atomic E-state index is 11.3. The fraction of sp³-hybridized carbons (Fsp3) is 0.273. The van der Waals surface area contributed by atoms with Gasteiger partial charge in [0, 0.05) is 11.1 Å². The van der Waals surface area contributed by atoms with Crippen LogP contribution in [0.5, 0.6) is 11.5 Å². The highest BCUT2D eigenvalue weighted by molar-refractivity contribution is 5.97. The number of rotatable bonds is 1. The van der Waals surface area contributed by atoms with Crippen LogP contribution < -0.4 is 5.43 Å². The molecule has 0 spiro atoms. The summed E-state index contributed by atoms with van der Waals surface area (Å²) in [6.07, 6.45) is 0. The zero-order valence-corrected chi connectivity index (χ0v) is 8.79. The van der Waals surface area contributed by atoms with Crippen molar-refractivity contribution in [3.05, 3.63) is 33.0 Å². The van der Waals surface area contributed by atoms with Gasteiger partial charge in [0.1, 0.15) is 0 Å². The van der Waals surface area contributed by atoms with Crippen molar-refractivity contribution < 1.29 is 15.0 Å². The molecule has 1 aromatic carbocycles. The van der Waals surface area contributed by atoms with Gasteiger partial charge in [-0.2, -0.15) is 0 Å². The first-order valence-corrected chi connectivity index (χ1v) is 4.43. The molecule has 0 aromatic heterocycles. The maximum atomic E-state index is 11.3. The molecular formula is C11H12O4. The minimum absolute atomic E-state index is 0.222. The lowest BCUT2D eigenvalue weighted by molar-refractivity contribution is 0.101. The number of aryl methyl sites for hydroxylation is 1. The minimum atomic E-state index is -0.719. The molecule has 0 amide bonds. The summed E-state index contributed by atoms with van der Waals surface area (Å²) in [5, 5.41) is 18.8. The number of Topliss-reactive ketones (excluding diaryl/α,β-unsaturated/α-hetero) is 1. The Morgan fingerprint density at radius 3 is 2.20 bits per heavy atom. The summed E-state index contributed by atoms with van der Waals surface area (Å²) in [6.45, 7) is 4.42. The summed E-state index contributed by atoms with van der Waals surface area (Å²) in [6, 6.07) is 1.14. The lowest BCUT2D eigenvalue weighted by Crippen LogP contribution is -1.98. The van der Waals surface area contributed by atoms with Gasteiger partial charge in [0.2, 0.25) is 11.2 Å². The molecule has 0 fully saturated rings. The van der Waals surface area contributed by atoms with Crippen molar-refractivity contribution >= 4 is 5.78 Å². The van der Waals surface area contributed by atoms with Crippen molar-refractivity contribution in [2.24, 2.45) is 0 Å². The summed E-state index contributed by atoms with van der Waals surface area (Å²) in [5.74, 6) is -1.50. The SMILES string of the molecule is CC(=O)c1c(C)cc(=O)c(O)c(O)c1C. The minimum Gasteiger partial charge on any atom is -0.504 e. The van der Waals surface area contributed by atoms with Crippen LogP contribution in [0.2, 0.25) is 0 Å². The first-order valence-electron chi connectivity index (χ1n) is 4.43. The predicted molar refractivity (Wildman–Crippen MR) is 55.5 cm³/mol. The third-order valence-electron chi connectivity index (χ3n) is 2.28. The second kappa shape index (κ2) is 3.73. The van der Waals surface area contributed by atoms with Crippen molar-refractivity contribution in [2.45, 2.75) is 20.8 Å². The molecule has 0 unspecified atom stereocenters. The Bertz CT molecular complexity index is 489. The quantitative estimate of drug-likeness (QED) is 0.682. The van der Waals surface area contributed by atoms with Gasteiger partial charge in [-0.15, -0.1) is 0 Å². The molecule has 0 heterocycles. The van der Waals surface area contributed by atoms with E-state index in [2.05, 4.69) is 0 Å². The van der Waals surface area contributed by atoms with Gasteiger partial charge in [-0.05, 0) is 32.4 Å². The smallest absolute Gasteiger partial charge is 0.224 e. The van der Waals surface area contributed by atoms with Gasteiger partial charge in [-0.1, -0.05) is 0 Å². The van der Waals surface area contributed by atoms with Gasteiger partial charge in [0.05, 0.1) is 0 Å². The summed E-state index contributed by atoms with van der Waals surface area (Å²) < 4.78 is 0. The molecule has 1 aromatic rings. The molecule has 2 N–H and O–H groups in total. The highest BCUT2D eigenvalue weighted by atomic mass is 16.3. The summed E-state index contributed by atoms with van der Waals surface area (Å²) in [5.41, 5.74) is 0.241. The molecule has 0 aliphatic heterocycles. The fourth-order valence-electron chi connectivity index (χ4n) is 1.59. The van der Waals surface area contributed by atoms with Gasteiger partial charge in [-0.25, -0.2) is 0 Å². The Labute approximate surface area is 86.8 Å². The lowest BCUT2D eigenvalue weighted by Gasteiger charge is -2.01. The Morgan fingerprint density at radius 1 is 1.20 bits per heavy atom. The lowest BCUT2D eigenvalue weighted by atomic mass is 10.0. The highest BCUT2D eigenvalue weighted by Gasteiger charge is 2.14. The molecule has 0 radical (unpaired) electrons. The van der Waals surface area contributed by atoms with E-state index >= 15 is 0 Å². The zero-order valence-electron chi connectivity index (χ0n) is 8.79. The van der Waals surface area contributed by atoms with E-state index in [9.17, 15) is 19.8 Å². The van der Waals surface area contributed by atoms with Crippen molar-refractivity contribution in [3.63, 3.8) is 0 Å². The van der Waals surface area contributed by atoms with Crippen LogP contribution in [0.4, 0.5) is 0 Å². The second-order valence-electron chi connectivity index (χ2n) is 3.45. The number of aromatic hydroxyl groups is 2. The van der Waals surface area contributed by atoms with E-state index < -0.39 is 16.9 Å². The molecule has 0 aliphatic rings. The molecule has 4 heteroatoms. The number of carbonyl (C=O) groups is 1. The second-order valence-corrected chi connectivity index (χ2v) is 3.45. The summed E-state index contributed by atoms with van der Waals surface area (Å²) in [7, 11) is 0. The first kappa shape index (κ1) is 11.2. The van der Waals surface area contributed by atoms with Crippen LogP contribution >= 0.6 is 0 Å². The van der Waals surface area contributed by atoms with E-state index in [-0.39, 0.29) is 16.9 Å². The number of hydrogen-bond donors (Lipinski definition) is 2. The molecule has 0 saturated carbocycles. The molecule has 0 atom stereocenters. The van der Waals surface area contributed by atoms with E-state index in [1.807, 2.05) is 0 Å². The average Bonchev–Trinajstić information content (AvgIpc) is 2.19. The first-order chi connectivity index (χ1) is 6.86. The van der Waals surface area contributed by atoms with E-state index in [4.69, 9.17) is 0 Å². The van der Waals surface area contributed by atoms with Crippen LogP contribution in [0.15, 0.2) is 10.9 Å². The van der Waals surface area contributed by atoms with Crippen LogP contribution in [0.1, 0.15) is 28.4 Å². The zero-order chi connectivity index (χ0) is 11.7. The van der Waals surface area contributed by atoms with Gasteiger partial charge in [0.15, 0.2) is 11.5 Å². The molecule has 15 heavy (non-hydrogen) atoms. The monoisotopic (exact) mass is 208 g/mol. The van der Waals surface area contributed by atoms with E-state index in [1.165, 1.54) is 13.8 Å². The van der Waals surface area contributed by atoms with Crippen LogP contribution in [-0.4, -0.2) is 16.0 Å². The molecule has 0 saturated heterocycles. The van der Waals surface area contributed by atoms with Gasteiger partial charge < -0.3 is 10.2 Å². The number of carbonyl (C=O) groups excluding carboxylic acids is 1. The average molecular weight is 208 g/mol. The van der Waals surface area contributed by atoms with Gasteiger partial charge in [-0.3, -0.25) is 9.59 Å². The van der Waals surface area contributed by atoms with Crippen molar-refractivity contribution in [1.29, 1.82) is 0 Å². The number of ketones is 1. The van der Waals surface area contributed by atoms with Crippen LogP contribution in [0, 0.1) is 13.8 Å². The Kier molecular flexibility index (Phi) is 2.79. The van der Waals surface area contributed by atoms with E-state index in [0.29, 0.717) is 5.56 Å². The highest BCUT2D eigenvalue weighted by Crippen LogP contribution is 2.27.